The largest absolute Gasteiger partial charge is 0.487 e. The van der Waals surface area contributed by atoms with E-state index in [1.54, 1.807) is 11.3 Å². The molecule has 1 fully saturated rings. The van der Waals surface area contributed by atoms with Gasteiger partial charge >= 0.3 is 0 Å². The quantitative estimate of drug-likeness (QED) is 0.778. The summed E-state index contributed by atoms with van der Waals surface area (Å²) in [6.45, 7) is 0.716. The van der Waals surface area contributed by atoms with Crippen LogP contribution in [0.3, 0.4) is 0 Å². The summed E-state index contributed by atoms with van der Waals surface area (Å²) in [6, 6.07) is 7.49. The Morgan fingerprint density at radius 2 is 2.13 bits per heavy atom. The van der Waals surface area contributed by atoms with Crippen LogP contribution in [0.25, 0.3) is 0 Å². The molecule has 1 aliphatic carbocycles. The zero-order chi connectivity index (χ0) is 16.1. The lowest BCUT2D eigenvalue weighted by atomic mass is 10.1. The lowest BCUT2D eigenvalue weighted by Crippen LogP contribution is -2.27. The van der Waals surface area contributed by atoms with Crippen LogP contribution in [0.2, 0.25) is 0 Å². The van der Waals surface area contributed by atoms with Gasteiger partial charge in [0.05, 0.1) is 23.7 Å². The summed E-state index contributed by atoms with van der Waals surface area (Å²) in [7, 11) is 0. The minimum absolute atomic E-state index is 0.0441. The van der Waals surface area contributed by atoms with Crippen LogP contribution in [0.5, 0.6) is 5.75 Å². The maximum absolute atomic E-state index is 11.6. The Morgan fingerprint density at radius 1 is 1.35 bits per heavy atom. The van der Waals surface area contributed by atoms with Crippen LogP contribution in [-0.2, 0) is 17.8 Å². The van der Waals surface area contributed by atoms with Gasteiger partial charge in [-0.2, -0.15) is 0 Å². The Morgan fingerprint density at radius 3 is 2.83 bits per heavy atom. The fraction of sp³-hybridized carbons (Fsp3) is 0.412. The molecule has 1 saturated carbocycles. The van der Waals surface area contributed by atoms with E-state index in [0.717, 1.165) is 17.0 Å². The summed E-state index contributed by atoms with van der Waals surface area (Å²) in [4.78, 5) is 16.2. The minimum atomic E-state index is -0.0946. The summed E-state index contributed by atoms with van der Waals surface area (Å²) >= 11 is 1.72. The number of nitrogens with one attached hydrogen (secondary N) is 1. The van der Waals surface area contributed by atoms with Crippen molar-refractivity contribution in [1.29, 1.82) is 0 Å². The van der Waals surface area contributed by atoms with E-state index in [1.807, 2.05) is 24.3 Å². The first kappa shape index (κ1) is 16.0. The van der Waals surface area contributed by atoms with Crippen molar-refractivity contribution in [1.82, 2.24) is 10.3 Å². The third-order valence-electron chi connectivity index (χ3n) is 3.60. The predicted molar refractivity (Wildman–Crippen MR) is 88.7 cm³/mol. The molecule has 2 N–H and O–H groups in total. The predicted octanol–water partition coefficient (Wildman–Crippen LogP) is 2.25. The highest BCUT2D eigenvalue weighted by molar-refractivity contribution is 7.09. The van der Waals surface area contributed by atoms with Crippen LogP contribution in [0.1, 0.15) is 35.0 Å². The smallest absolute Gasteiger partial charge is 0.224 e. The number of carbonyl (C=O) groups excluding carboxylic acids is 1. The lowest BCUT2D eigenvalue weighted by Gasteiger charge is -2.06. The number of aromatic nitrogens is 1. The molecule has 3 rings (SSSR count). The Kier molecular flexibility index (Phi) is 5.25. The number of aliphatic hydroxyl groups excluding tert-OH is 1. The lowest BCUT2D eigenvalue weighted by molar-refractivity contribution is -0.120. The summed E-state index contributed by atoms with van der Waals surface area (Å²) in [6.07, 6.45) is 2.83. The highest BCUT2D eigenvalue weighted by Crippen LogP contribution is 2.41. The van der Waals surface area contributed by atoms with Gasteiger partial charge in [-0.15, -0.1) is 11.3 Å². The molecule has 0 spiro atoms. The number of amides is 1. The van der Waals surface area contributed by atoms with Crippen molar-refractivity contribution < 1.29 is 14.6 Å². The van der Waals surface area contributed by atoms with Gasteiger partial charge in [-0.05, 0) is 30.5 Å². The van der Waals surface area contributed by atoms with Crippen molar-refractivity contribution in [3.63, 3.8) is 0 Å². The van der Waals surface area contributed by atoms with E-state index in [1.165, 1.54) is 17.8 Å². The average Bonchev–Trinajstić information content (AvgIpc) is 3.31. The number of ether oxygens (including phenoxy) is 1. The van der Waals surface area contributed by atoms with E-state index in [2.05, 4.69) is 15.7 Å². The molecule has 0 radical (unpaired) electrons. The standard InChI is InChI=1S/C17H20N2O3S/c20-8-7-18-16(21)9-12-1-5-15(6-2-12)22-10-14-11-23-17(19-14)13-3-4-13/h1-2,5-6,11,13,20H,3-4,7-10H2,(H,18,21). The molecule has 1 heterocycles. The van der Waals surface area contributed by atoms with E-state index >= 15 is 0 Å². The van der Waals surface area contributed by atoms with E-state index in [0.29, 0.717) is 18.9 Å². The van der Waals surface area contributed by atoms with Crippen LogP contribution in [-0.4, -0.2) is 29.1 Å². The Balaban J connectivity index is 1.47. The molecule has 5 nitrogen and oxygen atoms in total. The number of nitrogens with zero attached hydrogens (tertiary/aromatic N) is 1. The Bertz CT molecular complexity index is 650. The molecule has 0 saturated heterocycles. The van der Waals surface area contributed by atoms with Crippen molar-refractivity contribution in [2.75, 3.05) is 13.2 Å². The second-order valence-electron chi connectivity index (χ2n) is 5.63. The van der Waals surface area contributed by atoms with E-state index in [4.69, 9.17) is 9.84 Å². The summed E-state index contributed by atoms with van der Waals surface area (Å²) in [5.74, 6) is 1.36. The van der Waals surface area contributed by atoms with Gasteiger partial charge in [-0.3, -0.25) is 4.79 Å². The number of hydrogen-bond donors (Lipinski definition) is 2. The Labute approximate surface area is 139 Å². The highest BCUT2D eigenvalue weighted by Gasteiger charge is 2.26. The molecule has 122 valence electrons. The third-order valence-corrected chi connectivity index (χ3v) is 4.66. The van der Waals surface area contributed by atoms with Crippen molar-refractivity contribution in [2.24, 2.45) is 0 Å². The van der Waals surface area contributed by atoms with E-state index < -0.39 is 0 Å². The van der Waals surface area contributed by atoms with Gasteiger partial charge in [-0.25, -0.2) is 4.98 Å². The number of aliphatic hydroxyl groups is 1. The molecule has 1 aromatic heterocycles. The first-order valence-corrected chi connectivity index (χ1v) is 8.66. The van der Waals surface area contributed by atoms with Gasteiger partial charge in [0, 0.05) is 17.8 Å². The average molecular weight is 332 g/mol. The first-order valence-electron chi connectivity index (χ1n) is 7.78. The maximum Gasteiger partial charge on any atom is 0.224 e. The second-order valence-corrected chi connectivity index (χ2v) is 6.52. The SMILES string of the molecule is O=C(Cc1ccc(OCc2csc(C3CC3)n2)cc1)NCCO. The van der Waals surface area contributed by atoms with Gasteiger partial charge < -0.3 is 15.2 Å². The van der Waals surface area contributed by atoms with Crippen LogP contribution in [0, 0.1) is 0 Å². The van der Waals surface area contributed by atoms with Gasteiger partial charge in [0.15, 0.2) is 0 Å². The number of carbonyl (C=O) groups is 1. The molecular weight excluding hydrogens is 312 g/mol. The molecule has 0 unspecified atom stereocenters. The van der Waals surface area contributed by atoms with Crippen LogP contribution < -0.4 is 10.1 Å². The molecule has 1 amide bonds. The number of hydrogen-bond acceptors (Lipinski definition) is 5. The third kappa shape index (κ3) is 4.77. The molecule has 6 heteroatoms. The molecule has 1 aromatic carbocycles. The molecule has 2 aromatic rings. The minimum Gasteiger partial charge on any atom is -0.487 e. The van der Waals surface area contributed by atoms with Crippen molar-refractivity contribution in [3.05, 3.63) is 45.9 Å². The number of benzene rings is 1. The molecule has 23 heavy (non-hydrogen) atoms. The van der Waals surface area contributed by atoms with E-state index in [-0.39, 0.29) is 19.1 Å². The van der Waals surface area contributed by atoms with Crippen LogP contribution in [0.15, 0.2) is 29.6 Å². The fourth-order valence-corrected chi connectivity index (χ4v) is 3.19. The van der Waals surface area contributed by atoms with Gasteiger partial charge in [0.1, 0.15) is 12.4 Å². The molecular formula is C17H20N2O3S. The molecule has 0 aliphatic heterocycles. The van der Waals surface area contributed by atoms with E-state index in [9.17, 15) is 4.79 Å². The molecule has 0 atom stereocenters. The van der Waals surface area contributed by atoms with Crippen LogP contribution >= 0.6 is 11.3 Å². The summed E-state index contributed by atoms with van der Waals surface area (Å²) in [5, 5.41) is 14.6. The Hall–Kier alpha value is -1.92. The van der Waals surface area contributed by atoms with Gasteiger partial charge in [0.25, 0.3) is 0 Å². The van der Waals surface area contributed by atoms with Gasteiger partial charge in [0.2, 0.25) is 5.91 Å². The number of thiazole rings is 1. The maximum atomic E-state index is 11.6. The topological polar surface area (TPSA) is 71.5 Å². The van der Waals surface area contributed by atoms with Crippen molar-refractivity contribution in [3.8, 4) is 5.75 Å². The van der Waals surface area contributed by atoms with Gasteiger partial charge in [-0.1, -0.05) is 12.1 Å². The molecule has 0 bridgehead atoms. The second kappa shape index (κ2) is 7.57. The fourth-order valence-electron chi connectivity index (χ4n) is 2.21. The highest BCUT2D eigenvalue weighted by atomic mass is 32.1. The van der Waals surface area contributed by atoms with Crippen LogP contribution in [0.4, 0.5) is 0 Å². The first-order chi connectivity index (χ1) is 11.2. The molecule has 1 aliphatic rings. The summed E-state index contributed by atoms with van der Waals surface area (Å²) < 4.78 is 5.74. The summed E-state index contributed by atoms with van der Waals surface area (Å²) in [5.41, 5.74) is 1.89. The number of rotatable bonds is 8. The normalized spacial score (nSPS) is 13.8. The van der Waals surface area contributed by atoms with Crippen molar-refractivity contribution >= 4 is 17.2 Å². The van der Waals surface area contributed by atoms with Crippen molar-refractivity contribution in [2.45, 2.75) is 31.8 Å². The zero-order valence-electron chi connectivity index (χ0n) is 12.8. The zero-order valence-corrected chi connectivity index (χ0v) is 13.6. The monoisotopic (exact) mass is 332 g/mol.